The van der Waals surface area contributed by atoms with Gasteiger partial charge in [-0.2, -0.15) is 0 Å². The third-order valence-electron chi connectivity index (χ3n) is 2.27. The Balaban J connectivity index is 2.96. The van der Waals surface area contributed by atoms with Crippen molar-refractivity contribution in [2.24, 2.45) is 0 Å². The summed E-state index contributed by atoms with van der Waals surface area (Å²) in [5.74, 6) is 0.145. The molecule has 0 spiro atoms. The van der Waals surface area contributed by atoms with Gasteiger partial charge in [0.15, 0.2) is 0 Å². The van der Waals surface area contributed by atoms with Crippen LogP contribution in [0.3, 0.4) is 0 Å². The molecule has 2 aromatic rings. The highest BCUT2D eigenvalue weighted by atomic mass is 16.4. The summed E-state index contributed by atoms with van der Waals surface area (Å²) in [5.41, 5.74) is 1.67. The molecular formula is C11H10O3. The van der Waals surface area contributed by atoms with Gasteiger partial charge < -0.3 is 9.52 Å². The zero-order valence-electron chi connectivity index (χ0n) is 8.00. The van der Waals surface area contributed by atoms with E-state index in [9.17, 15) is 9.90 Å². The van der Waals surface area contributed by atoms with Crippen molar-refractivity contribution in [1.29, 1.82) is 0 Å². The lowest BCUT2D eigenvalue weighted by Crippen LogP contribution is -1.97. The number of fused-ring (bicyclic) bond motifs is 1. The second-order valence-electron chi connectivity index (χ2n) is 3.38. The van der Waals surface area contributed by atoms with Gasteiger partial charge in [-0.15, -0.1) is 0 Å². The predicted octanol–water partition coefficient (Wildman–Crippen LogP) is 2.12. The molecule has 0 bridgehead atoms. The molecule has 0 aliphatic heterocycles. The van der Waals surface area contributed by atoms with E-state index in [-0.39, 0.29) is 5.75 Å². The molecule has 2 rings (SSSR count). The fourth-order valence-corrected chi connectivity index (χ4v) is 1.46. The van der Waals surface area contributed by atoms with E-state index < -0.39 is 5.63 Å². The van der Waals surface area contributed by atoms with Crippen LogP contribution in [0.5, 0.6) is 5.75 Å². The summed E-state index contributed by atoms with van der Waals surface area (Å²) in [4.78, 5) is 11.1. The van der Waals surface area contributed by atoms with Crippen LogP contribution in [-0.4, -0.2) is 5.11 Å². The Morgan fingerprint density at radius 1 is 1.14 bits per heavy atom. The Labute approximate surface area is 80.6 Å². The molecule has 3 nitrogen and oxygen atoms in total. The third-order valence-corrected chi connectivity index (χ3v) is 2.27. The van der Waals surface area contributed by atoms with Gasteiger partial charge >= 0.3 is 5.63 Å². The maximum atomic E-state index is 11.1. The number of aromatic hydroxyl groups is 1. The fraction of sp³-hybridized carbons (Fsp3) is 0.182. The summed E-state index contributed by atoms with van der Waals surface area (Å²) >= 11 is 0. The van der Waals surface area contributed by atoms with E-state index in [1.54, 1.807) is 6.92 Å². The monoisotopic (exact) mass is 190 g/mol. The first-order valence-corrected chi connectivity index (χ1v) is 4.32. The van der Waals surface area contributed by atoms with Crippen molar-refractivity contribution < 1.29 is 9.52 Å². The fourth-order valence-electron chi connectivity index (χ4n) is 1.46. The molecule has 0 aliphatic rings. The van der Waals surface area contributed by atoms with Crippen molar-refractivity contribution in [2.45, 2.75) is 13.8 Å². The van der Waals surface area contributed by atoms with E-state index in [2.05, 4.69) is 0 Å². The van der Waals surface area contributed by atoms with E-state index >= 15 is 0 Å². The average Bonchev–Trinajstić information content (AvgIpc) is 2.08. The van der Waals surface area contributed by atoms with Crippen molar-refractivity contribution in [1.82, 2.24) is 0 Å². The van der Waals surface area contributed by atoms with E-state index in [0.29, 0.717) is 5.58 Å². The molecule has 0 unspecified atom stereocenters. The smallest absolute Gasteiger partial charge is 0.336 e. The Kier molecular flexibility index (Phi) is 1.81. The van der Waals surface area contributed by atoms with Crippen LogP contribution in [0, 0.1) is 13.8 Å². The summed E-state index contributed by atoms with van der Waals surface area (Å²) in [5, 5.41) is 10.3. The van der Waals surface area contributed by atoms with Gasteiger partial charge in [0.2, 0.25) is 0 Å². The lowest BCUT2D eigenvalue weighted by Gasteiger charge is -2.03. The first-order chi connectivity index (χ1) is 6.58. The van der Waals surface area contributed by atoms with Gasteiger partial charge in [-0.1, -0.05) is 0 Å². The predicted molar refractivity (Wildman–Crippen MR) is 53.6 cm³/mol. The quantitative estimate of drug-likeness (QED) is 0.647. The van der Waals surface area contributed by atoms with Gasteiger partial charge in [0.1, 0.15) is 11.3 Å². The zero-order valence-corrected chi connectivity index (χ0v) is 8.00. The van der Waals surface area contributed by atoms with Crippen molar-refractivity contribution in [3.63, 3.8) is 0 Å². The highest BCUT2D eigenvalue weighted by molar-refractivity contribution is 5.82. The maximum absolute atomic E-state index is 11.1. The summed E-state index contributed by atoms with van der Waals surface area (Å²) in [7, 11) is 0. The van der Waals surface area contributed by atoms with Gasteiger partial charge in [-0.25, -0.2) is 4.79 Å². The standard InChI is InChI=1S/C11H10O3/c1-6-4-11(13)14-10-5-9(12)7(2)3-8(6)10/h3-5,12H,1-2H3. The number of aryl methyl sites for hydroxylation is 2. The van der Waals surface area contributed by atoms with Crippen LogP contribution < -0.4 is 5.63 Å². The molecule has 0 saturated carbocycles. The highest BCUT2D eigenvalue weighted by Crippen LogP contribution is 2.25. The van der Waals surface area contributed by atoms with Crippen molar-refractivity contribution in [3.05, 3.63) is 39.7 Å². The molecule has 0 fully saturated rings. The van der Waals surface area contributed by atoms with Gasteiger partial charge in [0.05, 0.1) is 0 Å². The van der Waals surface area contributed by atoms with Gasteiger partial charge in [0.25, 0.3) is 0 Å². The SMILES string of the molecule is Cc1cc2c(C)cc(=O)oc2cc1O. The molecule has 3 heteroatoms. The third kappa shape index (κ3) is 1.27. The average molecular weight is 190 g/mol. The normalized spacial score (nSPS) is 10.7. The lowest BCUT2D eigenvalue weighted by molar-refractivity contribution is 0.469. The minimum absolute atomic E-state index is 0.145. The van der Waals surface area contributed by atoms with E-state index in [4.69, 9.17) is 4.42 Å². The van der Waals surface area contributed by atoms with Crippen LogP contribution in [-0.2, 0) is 0 Å². The topological polar surface area (TPSA) is 50.4 Å². The Morgan fingerprint density at radius 2 is 1.86 bits per heavy atom. The molecule has 0 saturated heterocycles. The molecule has 0 radical (unpaired) electrons. The lowest BCUT2D eigenvalue weighted by atomic mass is 10.1. The van der Waals surface area contributed by atoms with Gasteiger partial charge in [0, 0.05) is 17.5 Å². The molecule has 14 heavy (non-hydrogen) atoms. The summed E-state index contributed by atoms with van der Waals surface area (Å²) in [6.07, 6.45) is 0. The molecule has 0 atom stereocenters. The first-order valence-electron chi connectivity index (χ1n) is 4.32. The highest BCUT2D eigenvalue weighted by Gasteiger charge is 2.05. The molecular weight excluding hydrogens is 180 g/mol. The summed E-state index contributed by atoms with van der Waals surface area (Å²) in [6, 6.07) is 4.72. The molecule has 1 heterocycles. The van der Waals surface area contributed by atoms with Crippen LogP contribution >= 0.6 is 0 Å². The molecule has 1 aromatic carbocycles. The van der Waals surface area contributed by atoms with Crippen LogP contribution in [0.1, 0.15) is 11.1 Å². The van der Waals surface area contributed by atoms with Crippen LogP contribution in [0.25, 0.3) is 11.0 Å². The summed E-state index contributed by atoms with van der Waals surface area (Å²) in [6.45, 7) is 3.65. The molecule has 1 N–H and O–H groups in total. The Morgan fingerprint density at radius 3 is 2.57 bits per heavy atom. The maximum Gasteiger partial charge on any atom is 0.336 e. The van der Waals surface area contributed by atoms with Crippen LogP contribution in [0.15, 0.2) is 27.4 Å². The number of phenolic OH excluding ortho intramolecular Hbond substituents is 1. The number of hydrogen-bond acceptors (Lipinski definition) is 3. The number of phenols is 1. The van der Waals surface area contributed by atoms with Crippen LogP contribution in [0.2, 0.25) is 0 Å². The number of benzene rings is 1. The van der Waals surface area contributed by atoms with E-state index in [0.717, 1.165) is 16.5 Å². The van der Waals surface area contributed by atoms with Crippen LogP contribution in [0.4, 0.5) is 0 Å². The second kappa shape index (κ2) is 2.87. The van der Waals surface area contributed by atoms with Crippen molar-refractivity contribution >= 4 is 11.0 Å². The first kappa shape index (κ1) is 8.81. The van der Waals surface area contributed by atoms with E-state index in [1.165, 1.54) is 12.1 Å². The van der Waals surface area contributed by atoms with E-state index in [1.807, 2.05) is 13.0 Å². The molecule has 0 aliphatic carbocycles. The van der Waals surface area contributed by atoms with Gasteiger partial charge in [-0.05, 0) is 31.0 Å². The minimum Gasteiger partial charge on any atom is -0.508 e. The Bertz CT molecular complexity index is 552. The molecule has 72 valence electrons. The largest absolute Gasteiger partial charge is 0.508 e. The number of hydrogen-bond donors (Lipinski definition) is 1. The zero-order chi connectivity index (χ0) is 10.3. The Hall–Kier alpha value is -1.77. The molecule has 0 amide bonds. The number of rotatable bonds is 0. The van der Waals surface area contributed by atoms with Crippen molar-refractivity contribution in [2.75, 3.05) is 0 Å². The second-order valence-corrected chi connectivity index (χ2v) is 3.38. The summed E-state index contributed by atoms with van der Waals surface area (Å²) < 4.78 is 4.96. The van der Waals surface area contributed by atoms with Crippen molar-refractivity contribution in [3.8, 4) is 5.75 Å². The molecule has 1 aromatic heterocycles. The van der Waals surface area contributed by atoms with Gasteiger partial charge in [-0.3, -0.25) is 0 Å². The minimum atomic E-state index is -0.391.